The number of nitrogens with two attached hydrogens (primary N) is 1. The number of rotatable bonds is 4. The lowest BCUT2D eigenvalue weighted by Gasteiger charge is -2.17. The van der Waals surface area contributed by atoms with Gasteiger partial charge in [0.2, 0.25) is 0 Å². The van der Waals surface area contributed by atoms with Crippen molar-refractivity contribution in [2.24, 2.45) is 5.73 Å². The lowest BCUT2D eigenvalue weighted by molar-refractivity contribution is 0.0785. The van der Waals surface area contributed by atoms with Gasteiger partial charge >= 0.3 is 6.03 Å². The molecule has 2 rings (SSSR count). The first-order valence-corrected chi connectivity index (χ1v) is 6.90. The smallest absolute Gasteiger partial charge is 0.316 e. The minimum atomic E-state index is -0.651. The van der Waals surface area contributed by atoms with Gasteiger partial charge in [-0.1, -0.05) is 12.1 Å². The molecule has 3 N–H and O–H groups in total. The van der Waals surface area contributed by atoms with Crippen molar-refractivity contribution < 1.29 is 9.59 Å². The summed E-state index contributed by atoms with van der Waals surface area (Å²) in [5.41, 5.74) is 7.59. The molecule has 0 aliphatic carbocycles. The van der Waals surface area contributed by atoms with Crippen LogP contribution >= 0.6 is 0 Å². The molecule has 116 valence electrons. The molecule has 23 heavy (non-hydrogen) atoms. The summed E-state index contributed by atoms with van der Waals surface area (Å²) in [6.07, 6.45) is 0. The molecule has 0 atom stereocenters. The molecule has 0 heterocycles. The van der Waals surface area contributed by atoms with Crippen molar-refractivity contribution in [1.29, 1.82) is 5.26 Å². The van der Waals surface area contributed by atoms with Crippen molar-refractivity contribution in [3.05, 3.63) is 65.2 Å². The molecule has 0 aliphatic rings. The second kappa shape index (κ2) is 7.09. The minimum absolute atomic E-state index is 0.139. The fraction of sp³-hybridized carbons (Fsp3) is 0.118. The third-order valence-electron chi connectivity index (χ3n) is 3.25. The molecular formula is C17H16N4O2. The third-order valence-corrected chi connectivity index (χ3v) is 3.25. The average molecular weight is 308 g/mol. The molecule has 0 spiro atoms. The van der Waals surface area contributed by atoms with Crippen molar-refractivity contribution in [2.75, 3.05) is 12.4 Å². The quantitative estimate of drug-likeness (QED) is 0.906. The van der Waals surface area contributed by atoms with E-state index in [4.69, 9.17) is 11.0 Å². The summed E-state index contributed by atoms with van der Waals surface area (Å²) in [6, 6.07) is 15.0. The highest BCUT2D eigenvalue weighted by Crippen LogP contribution is 2.13. The normalized spacial score (nSPS) is 9.74. The highest BCUT2D eigenvalue weighted by atomic mass is 16.2. The summed E-state index contributed by atoms with van der Waals surface area (Å²) < 4.78 is 0. The Morgan fingerprint density at radius 3 is 2.26 bits per heavy atom. The predicted octanol–water partition coefficient (Wildman–Crippen LogP) is 2.32. The van der Waals surface area contributed by atoms with Crippen molar-refractivity contribution in [2.45, 2.75) is 6.54 Å². The first-order valence-electron chi connectivity index (χ1n) is 6.90. The van der Waals surface area contributed by atoms with Gasteiger partial charge in [-0.15, -0.1) is 0 Å². The van der Waals surface area contributed by atoms with E-state index in [0.29, 0.717) is 23.4 Å². The van der Waals surface area contributed by atoms with Crippen LogP contribution in [0.1, 0.15) is 21.5 Å². The summed E-state index contributed by atoms with van der Waals surface area (Å²) in [7, 11) is 1.70. The first kappa shape index (κ1) is 16.0. The minimum Gasteiger partial charge on any atom is -0.351 e. The Kier molecular flexibility index (Phi) is 4.95. The Bertz CT molecular complexity index is 746. The molecule has 6 heteroatoms. The number of carbonyl (C=O) groups is 2. The van der Waals surface area contributed by atoms with E-state index in [1.165, 1.54) is 0 Å². The number of hydrogen-bond donors (Lipinski definition) is 2. The maximum Gasteiger partial charge on any atom is 0.316 e. The van der Waals surface area contributed by atoms with Crippen LogP contribution in [-0.4, -0.2) is 23.9 Å². The van der Waals surface area contributed by atoms with E-state index in [0.717, 1.165) is 5.56 Å². The predicted molar refractivity (Wildman–Crippen MR) is 86.6 cm³/mol. The fourth-order valence-electron chi connectivity index (χ4n) is 2.09. The Hall–Kier alpha value is -3.33. The standard InChI is InChI=1S/C17H16N4O2/c1-21(11-13-4-2-12(10-18)3-5-13)16(22)14-6-8-15(9-7-14)20-17(19)23/h2-9H,11H2,1H3,(H3,19,20,23). The van der Waals surface area contributed by atoms with Crippen LogP contribution in [0.4, 0.5) is 10.5 Å². The van der Waals surface area contributed by atoms with Gasteiger partial charge in [-0.05, 0) is 42.0 Å². The molecule has 0 bridgehead atoms. The zero-order valence-electron chi connectivity index (χ0n) is 12.6. The van der Waals surface area contributed by atoms with E-state index in [9.17, 15) is 9.59 Å². The maximum absolute atomic E-state index is 12.4. The van der Waals surface area contributed by atoms with Gasteiger partial charge in [0.05, 0.1) is 11.6 Å². The molecule has 0 aromatic heterocycles. The number of nitriles is 1. The summed E-state index contributed by atoms with van der Waals surface area (Å²) in [4.78, 5) is 24.7. The molecule has 0 saturated carbocycles. The van der Waals surface area contributed by atoms with Crippen molar-refractivity contribution in [3.63, 3.8) is 0 Å². The Labute approximate surface area is 134 Å². The van der Waals surface area contributed by atoms with Gasteiger partial charge in [0.15, 0.2) is 0 Å². The van der Waals surface area contributed by atoms with Crippen LogP contribution in [0, 0.1) is 11.3 Å². The van der Waals surface area contributed by atoms with Crippen molar-refractivity contribution in [1.82, 2.24) is 4.90 Å². The van der Waals surface area contributed by atoms with Crippen LogP contribution < -0.4 is 11.1 Å². The van der Waals surface area contributed by atoms with Crippen LogP contribution in [0.15, 0.2) is 48.5 Å². The topological polar surface area (TPSA) is 99.2 Å². The van der Waals surface area contributed by atoms with Crippen LogP contribution in [-0.2, 0) is 6.54 Å². The number of carbonyl (C=O) groups excluding carboxylic acids is 2. The van der Waals surface area contributed by atoms with Crippen molar-refractivity contribution in [3.8, 4) is 6.07 Å². The molecule has 2 aromatic carbocycles. The maximum atomic E-state index is 12.4. The van der Waals surface area contributed by atoms with Gasteiger partial charge in [0.25, 0.3) is 5.91 Å². The third kappa shape index (κ3) is 4.32. The Morgan fingerprint density at radius 1 is 1.13 bits per heavy atom. The molecule has 0 fully saturated rings. The number of nitrogens with one attached hydrogen (secondary N) is 1. The lowest BCUT2D eigenvalue weighted by atomic mass is 10.1. The van der Waals surface area contributed by atoms with Crippen LogP contribution in [0.3, 0.4) is 0 Å². The fourth-order valence-corrected chi connectivity index (χ4v) is 2.09. The highest BCUT2D eigenvalue weighted by Gasteiger charge is 2.12. The molecule has 0 unspecified atom stereocenters. The SMILES string of the molecule is CN(Cc1ccc(C#N)cc1)C(=O)c1ccc(NC(N)=O)cc1. The van der Waals surface area contributed by atoms with Gasteiger partial charge in [0.1, 0.15) is 0 Å². The van der Waals surface area contributed by atoms with Gasteiger partial charge in [-0.25, -0.2) is 4.79 Å². The van der Waals surface area contributed by atoms with E-state index in [2.05, 4.69) is 11.4 Å². The Morgan fingerprint density at radius 2 is 1.74 bits per heavy atom. The van der Waals surface area contributed by atoms with Gasteiger partial charge in [-0.2, -0.15) is 5.26 Å². The zero-order chi connectivity index (χ0) is 16.8. The van der Waals surface area contributed by atoms with Crippen LogP contribution in [0.5, 0.6) is 0 Å². The number of urea groups is 1. The van der Waals surface area contributed by atoms with Crippen molar-refractivity contribution >= 4 is 17.6 Å². The van der Waals surface area contributed by atoms with Gasteiger partial charge in [-0.3, -0.25) is 4.79 Å². The molecule has 0 saturated heterocycles. The van der Waals surface area contributed by atoms with E-state index in [1.807, 2.05) is 12.1 Å². The lowest BCUT2D eigenvalue weighted by Crippen LogP contribution is -2.26. The summed E-state index contributed by atoms with van der Waals surface area (Å²) in [5.74, 6) is -0.139. The number of anilines is 1. The molecule has 2 aromatic rings. The van der Waals surface area contributed by atoms with E-state index < -0.39 is 6.03 Å². The monoisotopic (exact) mass is 308 g/mol. The summed E-state index contributed by atoms with van der Waals surface area (Å²) in [6.45, 7) is 0.436. The van der Waals surface area contributed by atoms with E-state index in [-0.39, 0.29) is 5.91 Å². The van der Waals surface area contributed by atoms with E-state index >= 15 is 0 Å². The first-order chi connectivity index (χ1) is 11.0. The number of hydrogen-bond acceptors (Lipinski definition) is 3. The number of benzene rings is 2. The van der Waals surface area contributed by atoms with Crippen LogP contribution in [0.2, 0.25) is 0 Å². The molecule has 0 radical (unpaired) electrons. The molecular weight excluding hydrogens is 292 g/mol. The summed E-state index contributed by atoms with van der Waals surface area (Å²) >= 11 is 0. The number of amides is 3. The zero-order valence-corrected chi connectivity index (χ0v) is 12.6. The summed E-state index contributed by atoms with van der Waals surface area (Å²) in [5, 5.41) is 11.2. The second-order valence-electron chi connectivity index (χ2n) is 5.04. The molecule has 0 aliphatic heterocycles. The largest absolute Gasteiger partial charge is 0.351 e. The number of nitrogens with zero attached hydrogens (tertiary/aromatic N) is 2. The Balaban J connectivity index is 2.03. The van der Waals surface area contributed by atoms with Crippen LogP contribution in [0.25, 0.3) is 0 Å². The van der Waals surface area contributed by atoms with E-state index in [1.54, 1.807) is 48.3 Å². The molecule has 6 nitrogen and oxygen atoms in total. The number of primary amides is 1. The second-order valence-corrected chi connectivity index (χ2v) is 5.04. The highest BCUT2D eigenvalue weighted by molar-refractivity contribution is 5.95. The van der Waals surface area contributed by atoms with Gasteiger partial charge < -0.3 is 16.0 Å². The average Bonchev–Trinajstić information content (AvgIpc) is 2.55. The molecule has 3 amide bonds. The van der Waals surface area contributed by atoms with Gasteiger partial charge in [0, 0.05) is 24.8 Å².